The Bertz CT molecular complexity index is 482. The van der Waals surface area contributed by atoms with Crippen molar-refractivity contribution < 1.29 is 9.47 Å². The lowest BCUT2D eigenvalue weighted by molar-refractivity contribution is 0.00990. The molecule has 0 atom stereocenters. The van der Waals surface area contributed by atoms with E-state index in [4.69, 9.17) is 9.47 Å². The standard InChI is InChI=1S/C17H29N3O2S/c1-14-7-12-23-16(14)13-19-17(18-2)20-8-5-15(6-9-20)22-11-4-10-21-3/h7,12,15H,4-6,8-11,13H2,1-3H3,(H,18,19). The molecular formula is C17H29N3O2S. The minimum atomic E-state index is 0.376. The Kier molecular flexibility index (Phi) is 7.85. The number of hydrogen-bond acceptors (Lipinski definition) is 4. The van der Waals surface area contributed by atoms with Gasteiger partial charge in [0, 0.05) is 45.3 Å². The largest absolute Gasteiger partial charge is 0.385 e. The van der Waals surface area contributed by atoms with E-state index >= 15 is 0 Å². The van der Waals surface area contributed by atoms with Crippen molar-refractivity contribution in [2.45, 2.75) is 38.8 Å². The third-order valence-corrected chi connectivity index (χ3v) is 5.20. The van der Waals surface area contributed by atoms with Gasteiger partial charge in [-0.2, -0.15) is 0 Å². The minimum absolute atomic E-state index is 0.376. The van der Waals surface area contributed by atoms with Crippen molar-refractivity contribution in [1.82, 2.24) is 10.2 Å². The van der Waals surface area contributed by atoms with Gasteiger partial charge >= 0.3 is 0 Å². The fourth-order valence-electron chi connectivity index (χ4n) is 2.76. The highest BCUT2D eigenvalue weighted by atomic mass is 32.1. The summed E-state index contributed by atoms with van der Waals surface area (Å²) in [4.78, 5) is 8.14. The van der Waals surface area contributed by atoms with Gasteiger partial charge in [0.05, 0.1) is 12.6 Å². The summed E-state index contributed by atoms with van der Waals surface area (Å²) in [5.74, 6) is 0.996. The Labute approximate surface area is 143 Å². The van der Waals surface area contributed by atoms with Gasteiger partial charge in [-0.1, -0.05) is 0 Å². The van der Waals surface area contributed by atoms with Gasteiger partial charge in [0.15, 0.2) is 5.96 Å². The van der Waals surface area contributed by atoms with Crippen molar-refractivity contribution >= 4 is 17.3 Å². The van der Waals surface area contributed by atoms with Crippen LogP contribution >= 0.6 is 11.3 Å². The van der Waals surface area contributed by atoms with E-state index in [1.165, 1.54) is 10.4 Å². The van der Waals surface area contributed by atoms with Crippen molar-refractivity contribution in [2.75, 3.05) is 40.5 Å². The van der Waals surface area contributed by atoms with Crippen LogP contribution < -0.4 is 5.32 Å². The Hall–Kier alpha value is -1.11. The van der Waals surface area contributed by atoms with Crippen LogP contribution in [0.25, 0.3) is 0 Å². The predicted molar refractivity (Wildman–Crippen MR) is 96.3 cm³/mol. The summed E-state index contributed by atoms with van der Waals surface area (Å²) in [5.41, 5.74) is 1.35. The van der Waals surface area contributed by atoms with Gasteiger partial charge in [0.2, 0.25) is 0 Å². The quantitative estimate of drug-likeness (QED) is 0.471. The zero-order valence-electron chi connectivity index (χ0n) is 14.5. The lowest BCUT2D eigenvalue weighted by Gasteiger charge is -2.34. The third kappa shape index (κ3) is 5.79. The Morgan fingerprint density at radius 1 is 1.39 bits per heavy atom. The van der Waals surface area contributed by atoms with Crippen LogP contribution in [0, 0.1) is 6.92 Å². The summed E-state index contributed by atoms with van der Waals surface area (Å²) >= 11 is 1.80. The van der Waals surface area contributed by atoms with Crippen LogP contribution in [0.4, 0.5) is 0 Å². The summed E-state index contributed by atoms with van der Waals surface area (Å²) in [5, 5.41) is 5.63. The molecule has 23 heavy (non-hydrogen) atoms. The molecule has 0 unspecified atom stereocenters. The number of nitrogens with one attached hydrogen (secondary N) is 1. The van der Waals surface area contributed by atoms with Crippen molar-refractivity contribution in [3.05, 3.63) is 21.9 Å². The monoisotopic (exact) mass is 339 g/mol. The highest BCUT2D eigenvalue weighted by Crippen LogP contribution is 2.16. The number of aliphatic imine (C=N–C) groups is 1. The summed E-state index contributed by atoms with van der Waals surface area (Å²) in [6, 6.07) is 2.16. The lowest BCUT2D eigenvalue weighted by Crippen LogP contribution is -2.46. The van der Waals surface area contributed by atoms with Gasteiger partial charge in [-0.3, -0.25) is 4.99 Å². The number of methoxy groups -OCH3 is 1. The second-order valence-corrected chi connectivity index (χ2v) is 6.83. The molecule has 1 aromatic rings. The maximum Gasteiger partial charge on any atom is 0.193 e. The predicted octanol–water partition coefficient (Wildman–Crippen LogP) is 2.65. The molecular weight excluding hydrogens is 310 g/mol. The smallest absolute Gasteiger partial charge is 0.193 e. The van der Waals surface area contributed by atoms with Gasteiger partial charge < -0.3 is 19.7 Å². The molecule has 1 aromatic heterocycles. The van der Waals surface area contributed by atoms with Crippen molar-refractivity contribution in [2.24, 2.45) is 4.99 Å². The van der Waals surface area contributed by atoms with Crippen LogP contribution in [-0.2, 0) is 16.0 Å². The van der Waals surface area contributed by atoms with Crippen LogP contribution in [0.2, 0.25) is 0 Å². The second-order valence-electron chi connectivity index (χ2n) is 5.83. The first-order chi connectivity index (χ1) is 11.2. The van der Waals surface area contributed by atoms with Crippen molar-refractivity contribution in [3.63, 3.8) is 0 Å². The molecule has 2 heterocycles. The Balaban J connectivity index is 1.71. The number of ether oxygens (including phenoxy) is 2. The van der Waals surface area contributed by atoms with Gasteiger partial charge in [-0.25, -0.2) is 0 Å². The van der Waals surface area contributed by atoms with Crippen LogP contribution in [0.1, 0.15) is 29.7 Å². The van der Waals surface area contributed by atoms with E-state index in [9.17, 15) is 0 Å². The van der Waals surface area contributed by atoms with Crippen LogP contribution in [0.5, 0.6) is 0 Å². The Morgan fingerprint density at radius 3 is 2.78 bits per heavy atom. The first kappa shape index (κ1) is 18.2. The average molecular weight is 340 g/mol. The molecule has 1 aliphatic heterocycles. The van der Waals surface area contributed by atoms with Gasteiger partial charge in [-0.15, -0.1) is 11.3 Å². The number of aryl methyl sites for hydroxylation is 1. The molecule has 1 fully saturated rings. The van der Waals surface area contributed by atoms with Crippen LogP contribution in [0.3, 0.4) is 0 Å². The van der Waals surface area contributed by atoms with E-state index in [1.807, 2.05) is 7.05 Å². The number of thiophene rings is 1. The highest BCUT2D eigenvalue weighted by Gasteiger charge is 2.21. The molecule has 0 amide bonds. The maximum atomic E-state index is 5.92. The molecule has 0 aromatic carbocycles. The SMILES string of the molecule is CN=C(NCc1sccc1C)N1CCC(OCCCOC)CC1. The summed E-state index contributed by atoms with van der Waals surface area (Å²) < 4.78 is 11.0. The molecule has 6 heteroatoms. The van der Waals surface area contributed by atoms with E-state index < -0.39 is 0 Å². The Morgan fingerprint density at radius 2 is 2.17 bits per heavy atom. The fraction of sp³-hybridized carbons (Fsp3) is 0.706. The zero-order chi connectivity index (χ0) is 16.5. The molecule has 0 radical (unpaired) electrons. The molecule has 0 bridgehead atoms. The molecule has 0 spiro atoms. The first-order valence-electron chi connectivity index (χ1n) is 8.33. The fourth-order valence-corrected chi connectivity index (χ4v) is 3.61. The van der Waals surface area contributed by atoms with Gasteiger partial charge in [0.1, 0.15) is 0 Å². The minimum Gasteiger partial charge on any atom is -0.385 e. The molecule has 0 aliphatic carbocycles. The van der Waals surface area contributed by atoms with E-state index in [1.54, 1.807) is 18.4 Å². The molecule has 130 valence electrons. The molecule has 2 rings (SSSR count). The number of guanidine groups is 1. The van der Waals surface area contributed by atoms with E-state index in [2.05, 4.69) is 33.6 Å². The van der Waals surface area contributed by atoms with Gasteiger partial charge in [0.25, 0.3) is 0 Å². The normalized spacial score (nSPS) is 16.8. The van der Waals surface area contributed by atoms with Crippen LogP contribution in [0.15, 0.2) is 16.4 Å². The summed E-state index contributed by atoms with van der Waals surface area (Å²) in [7, 11) is 3.59. The number of nitrogens with zero attached hydrogens (tertiary/aromatic N) is 2. The second kappa shape index (κ2) is 9.90. The van der Waals surface area contributed by atoms with Crippen molar-refractivity contribution in [1.29, 1.82) is 0 Å². The lowest BCUT2D eigenvalue weighted by atomic mass is 10.1. The zero-order valence-corrected chi connectivity index (χ0v) is 15.3. The third-order valence-electron chi connectivity index (χ3n) is 4.17. The number of likely N-dealkylation sites (tertiary alicyclic amines) is 1. The molecule has 0 saturated carbocycles. The van der Waals surface area contributed by atoms with Gasteiger partial charge in [-0.05, 0) is 43.2 Å². The first-order valence-corrected chi connectivity index (χ1v) is 9.21. The number of rotatable bonds is 7. The van der Waals surface area contributed by atoms with Crippen molar-refractivity contribution in [3.8, 4) is 0 Å². The van der Waals surface area contributed by atoms with E-state index in [0.717, 1.165) is 58.1 Å². The number of hydrogen-bond donors (Lipinski definition) is 1. The van der Waals surface area contributed by atoms with Crippen LogP contribution in [-0.4, -0.2) is 57.4 Å². The molecule has 1 saturated heterocycles. The van der Waals surface area contributed by atoms with E-state index in [0.29, 0.717) is 6.10 Å². The molecule has 1 aliphatic rings. The highest BCUT2D eigenvalue weighted by molar-refractivity contribution is 7.10. The molecule has 5 nitrogen and oxygen atoms in total. The molecule has 1 N–H and O–H groups in total. The topological polar surface area (TPSA) is 46.1 Å². The summed E-state index contributed by atoms with van der Waals surface area (Å²) in [6.07, 6.45) is 3.47. The average Bonchev–Trinajstić information content (AvgIpc) is 2.98. The summed E-state index contributed by atoms with van der Waals surface area (Å²) in [6.45, 7) is 6.57. The van der Waals surface area contributed by atoms with E-state index in [-0.39, 0.29) is 0 Å². The maximum absolute atomic E-state index is 5.92. The number of piperidine rings is 1.